The third-order valence-electron chi connectivity index (χ3n) is 4.29. The summed E-state index contributed by atoms with van der Waals surface area (Å²) in [5.41, 5.74) is 0.865. The quantitative estimate of drug-likeness (QED) is 0.781. The Labute approximate surface area is 154 Å². The van der Waals surface area contributed by atoms with E-state index in [4.69, 9.17) is 9.47 Å². The maximum Gasteiger partial charge on any atom is 0.323 e. The molecule has 0 aliphatic carbocycles. The second-order valence-corrected chi connectivity index (χ2v) is 6.27. The smallest absolute Gasteiger partial charge is 0.323 e. The zero-order valence-electron chi connectivity index (χ0n) is 15.5. The summed E-state index contributed by atoms with van der Waals surface area (Å²) in [6, 6.07) is 8.25. The maximum atomic E-state index is 5.50. The Hall–Kier alpha value is -2.61. The highest BCUT2D eigenvalue weighted by Gasteiger charge is 2.18. The van der Waals surface area contributed by atoms with E-state index in [9.17, 15) is 0 Å². The van der Waals surface area contributed by atoms with Crippen LogP contribution in [0.1, 0.15) is 19.8 Å². The molecule has 1 aliphatic heterocycles. The van der Waals surface area contributed by atoms with E-state index in [1.165, 1.54) is 0 Å². The van der Waals surface area contributed by atoms with Gasteiger partial charge in [-0.25, -0.2) is 0 Å². The van der Waals surface area contributed by atoms with Crippen LogP contribution in [0.15, 0.2) is 24.3 Å². The standard InChI is InChI=1S/C18H26N6O2/c1-4-26-18-22-16(19-13-5-7-15(25-3)8-6-13)21-17(23-18)20-14-9-11-24(2)12-10-14/h5-8,14H,4,9-12H2,1-3H3,(H2,19,20,21,22,23). The van der Waals surface area contributed by atoms with Crippen LogP contribution in [-0.2, 0) is 0 Å². The second-order valence-electron chi connectivity index (χ2n) is 6.27. The number of ether oxygens (including phenoxy) is 2. The summed E-state index contributed by atoms with van der Waals surface area (Å²) < 4.78 is 10.7. The van der Waals surface area contributed by atoms with Gasteiger partial charge in [0.25, 0.3) is 0 Å². The van der Waals surface area contributed by atoms with Crippen molar-refractivity contribution >= 4 is 17.6 Å². The average Bonchev–Trinajstić information content (AvgIpc) is 2.64. The van der Waals surface area contributed by atoms with Crippen LogP contribution in [-0.4, -0.2) is 59.7 Å². The monoisotopic (exact) mass is 358 g/mol. The number of anilines is 3. The van der Waals surface area contributed by atoms with Crippen molar-refractivity contribution in [2.75, 3.05) is 44.5 Å². The van der Waals surface area contributed by atoms with Gasteiger partial charge in [0, 0.05) is 11.7 Å². The van der Waals surface area contributed by atoms with Gasteiger partial charge >= 0.3 is 6.01 Å². The van der Waals surface area contributed by atoms with Gasteiger partial charge in [-0.3, -0.25) is 0 Å². The van der Waals surface area contributed by atoms with Crippen molar-refractivity contribution < 1.29 is 9.47 Å². The Balaban J connectivity index is 1.74. The predicted molar refractivity (Wildman–Crippen MR) is 101 cm³/mol. The topological polar surface area (TPSA) is 84.4 Å². The SMILES string of the molecule is CCOc1nc(Nc2ccc(OC)cc2)nc(NC2CCN(C)CC2)n1. The minimum Gasteiger partial charge on any atom is -0.497 e. The van der Waals surface area contributed by atoms with Gasteiger partial charge in [-0.05, 0) is 64.2 Å². The highest BCUT2D eigenvalue weighted by molar-refractivity contribution is 5.55. The highest BCUT2D eigenvalue weighted by Crippen LogP contribution is 2.21. The van der Waals surface area contributed by atoms with E-state index in [0.717, 1.165) is 37.4 Å². The summed E-state index contributed by atoms with van der Waals surface area (Å²) in [4.78, 5) is 15.5. The molecule has 2 aromatic rings. The van der Waals surface area contributed by atoms with E-state index in [-0.39, 0.29) is 0 Å². The highest BCUT2D eigenvalue weighted by atomic mass is 16.5. The van der Waals surface area contributed by atoms with Crippen LogP contribution in [0, 0.1) is 0 Å². The lowest BCUT2D eigenvalue weighted by atomic mass is 10.1. The van der Waals surface area contributed by atoms with E-state index in [1.54, 1.807) is 7.11 Å². The summed E-state index contributed by atoms with van der Waals surface area (Å²) in [5.74, 6) is 1.78. The first-order chi connectivity index (χ1) is 12.7. The molecule has 0 unspecified atom stereocenters. The van der Waals surface area contributed by atoms with Crippen LogP contribution in [0.3, 0.4) is 0 Å². The number of hydrogen-bond donors (Lipinski definition) is 2. The van der Waals surface area contributed by atoms with E-state index in [2.05, 4.69) is 37.5 Å². The van der Waals surface area contributed by atoms with Crippen molar-refractivity contribution in [3.8, 4) is 11.8 Å². The van der Waals surface area contributed by atoms with E-state index >= 15 is 0 Å². The molecule has 0 saturated carbocycles. The normalized spacial score (nSPS) is 15.5. The Kier molecular flexibility index (Phi) is 6.06. The predicted octanol–water partition coefficient (Wildman–Crippen LogP) is 2.53. The van der Waals surface area contributed by atoms with Gasteiger partial charge in [0.15, 0.2) is 0 Å². The maximum absolute atomic E-state index is 5.50. The van der Waals surface area contributed by atoms with Crippen molar-refractivity contribution in [2.24, 2.45) is 0 Å². The molecule has 26 heavy (non-hydrogen) atoms. The molecule has 0 atom stereocenters. The Morgan fingerprint density at radius 3 is 2.42 bits per heavy atom. The minimum atomic E-state index is 0.314. The number of hydrogen-bond acceptors (Lipinski definition) is 8. The van der Waals surface area contributed by atoms with Gasteiger partial charge < -0.3 is 25.0 Å². The lowest BCUT2D eigenvalue weighted by molar-refractivity contribution is 0.263. The molecule has 1 saturated heterocycles. The molecule has 1 aliphatic rings. The van der Waals surface area contributed by atoms with Crippen LogP contribution in [0.2, 0.25) is 0 Å². The van der Waals surface area contributed by atoms with Crippen molar-refractivity contribution in [1.29, 1.82) is 0 Å². The average molecular weight is 358 g/mol. The van der Waals surface area contributed by atoms with Crippen LogP contribution in [0.4, 0.5) is 17.6 Å². The second kappa shape index (κ2) is 8.66. The van der Waals surface area contributed by atoms with Crippen molar-refractivity contribution in [3.05, 3.63) is 24.3 Å². The summed E-state index contributed by atoms with van der Waals surface area (Å²) in [6.45, 7) is 4.54. The molecule has 2 heterocycles. The van der Waals surface area contributed by atoms with Gasteiger partial charge in [-0.2, -0.15) is 15.0 Å². The molecule has 1 aromatic heterocycles. The molecule has 2 N–H and O–H groups in total. The molecule has 140 valence electrons. The van der Waals surface area contributed by atoms with Crippen LogP contribution in [0.5, 0.6) is 11.8 Å². The summed E-state index contributed by atoms with van der Waals surface area (Å²) in [7, 11) is 3.78. The molecule has 1 aromatic carbocycles. The number of likely N-dealkylation sites (tertiary alicyclic amines) is 1. The third-order valence-corrected chi connectivity index (χ3v) is 4.29. The summed E-state index contributed by atoms with van der Waals surface area (Å²) >= 11 is 0. The fraction of sp³-hybridized carbons (Fsp3) is 0.500. The van der Waals surface area contributed by atoms with E-state index in [1.807, 2.05) is 31.2 Å². The van der Waals surface area contributed by atoms with Gasteiger partial charge in [0.1, 0.15) is 5.75 Å². The number of nitrogens with zero attached hydrogens (tertiary/aromatic N) is 4. The molecule has 8 nitrogen and oxygen atoms in total. The molecule has 0 amide bonds. The number of methoxy groups -OCH3 is 1. The molecule has 0 radical (unpaired) electrons. The van der Waals surface area contributed by atoms with Crippen LogP contribution >= 0.6 is 0 Å². The first kappa shape index (κ1) is 18.2. The fourth-order valence-corrected chi connectivity index (χ4v) is 2.81. The molecule has 0 spiro atoms. The number of piperidine rings is 1. The van der Waals surface area contributed by atoms with Crippen molar-refractivity contribution in [3.63, 3.8) is 0 Å². The van der Waals surface area contributed by atoms with Crippen molar-refractivity contribution in [1.82, 2.24) is 19.9 Å². The number of rotatable bonds is 7. The summed E-state index contributed by atoms with van der Waals surface area (Å²) in [6.07, 6.45) is 2.13. The first-order valence-electron chi connectivity index (χ1n) is 8.91. The molecule has 1 fully saturated rings. The first-order valence-corrected chi connectivity index (χ1v) is 8.91. The van der Waals surface area contributed by atoms with Gasteiger partial charge in [-0.15, -0.1) is 0 Å². The molecule has 8 heteroatoms. The van der Waals surface area contributed by atoms with Gasteiger partial charge in [0.05, 0.1) is 13.7 Å². The number of benzene rings is 1. The molecule has 0 bridgehead atoms. The van der Waals surface area contributed by atoms with E-state index in [0.29, 0.717) is 30.6 Å². The van der Waals surface area contributed by atoms with Crippen molar-refractivity contribution in [2.45, 2.75) is 25.8 Å². The molecule has 3 rings (SSSR count). The Morgan fingerprint density at radius 1 is 1.08 bits per heavy atom. The fourth-order valence-electron chi connectivity index (χ4n) is 2.81. The largest absolute Gasteiger partial charge is 0.497 e. The van der Waals surface area contributed by atoms with Gasteiger partial charge in [-0.1, -0.05) is 0 Å². The lowest BCUT2D eigenvalue weighted by Gasteiger charge is -2.29. The number of aromatic nitrogens is 3. The Morgan fingerprint density at radius 2 is 1.77 bits per heavy atom. The minimum absolute atomic E-state index is 0.314. The van der Waals surface area contributed by atoms with E-state index < -0.39 is 0 Å². The third kappa shape index (κ3) is 4.95. The molecular formula is C18H26N6O2. The number of nitrogens with one attached hydrogen (secondary N) is 2. The van der Waals surface area contributed by atoms with Gasteiger partial charge in [0.2, 0.25) is 11.9 Å². The van der Waals surface area contributed by atoms with Crippen LogP contribution < -0.4 is 20.1 Å². The zero-order valence-corrected chi connectivity index (χ0v) is 15.5. The lowest BCUT2D eigenvalue weighted by Crippen LogP contribution is -2.37. The molecular weight excluding hydrogens is 332 g/mol. The zero-order chi connectivity index (χ0) is 18.4. The Bertz CT molecular complexity index is 701. The van der Waals surface area contributed by atoms with Crippen LogP contribution in [0.25, 0.3) is 0 Å². The summed E-state index contributed by atoms with van der Waals surface area (Å²) in [5, 5.41) is 6.61.